The first-order valence-corrected chi connectivity index (χ1v) is 9.21. The summed E-state index contributed by atoms with van der Waals surface area (Å²) in [7, 11) is 0. The third-order valence-corrected chi connectivity index (χ3v) is 5.75. The van der Waals surface area contributed by atoms with Gasteiger partial charge in [0, 0.05) is 22.6 Å². The van der Waals surface area contributed by atoms with Crippen molar-refractivity contribution in [1.82, 2.24) is 9.58 Å². The largest absolute Gasteiger partial charge is 0.318 e. The quantitative estimate of drug-likeness (QED) is 0.561. The second-order valence-corrected chi connectivity index (χ2v) is 7.69. The Morgan fingerprint density at radius 3 is 2.62 bits per heavy atom. The van der Waals surface area contributed by atoms with Gasteiger partial charge in [0.2, 0.25) is 0 Å². The van der Waals surface area contributed by atoms with E-state index < -0.39 is 0 Å². The number of carbonyl (C=O) groups is 1. The van der Waals surface area contributed by atoms with Crippen molar-refractivity contribution >= 4 is 63.6 Å². The van der Waals surface area contributed by atoms with Crippen molar-refractivity contribution in [2.24, 2.45) is 5.10 Å². The monoisotopic (exact) mass is 397 g/mol. The lowest BCUT2D eigenvalue weighted by Crippen LogP contribution is -2.22. The Hall–Kier alpha value is -1.34. The Balaban J connectivity index is 1.96. The Labute approximate surface area is 159 Å². The molecule has 2 heterocycles. The van der Waals surface area contributed by atoms with Crippen LogP contribution in [0, 0.1) is 13.8 Å². The van der Waals surface area contributed by atoms with Crippen LogP contribution in [0.15, 0.2) is 29.4 Å². The average Bonchev–Trinajstić information content (AvgIpc) is 3.00. The number of benzene rings is 1. The predicted molar refractivity (Wildman–Crippen MR) is 105 cm³/mol. The number of hydrazone groups is 1. The van der Waals surface area contributed by atoms with E-state index >= 15 is 0 Å². The first kappa shape index (κ1) is 17.5. The molecule has 1 fully saturated rings. The molecule has 1 aliphatic heterocycles. The summed E-state index contributed by atoms with van der Waals surface area (Å²) in [5.41, 5.74) is 3.84. The lowest BCUT2D eigenvalue weighted by molar-refractivity contribution is -0.123. The van der Waals surface area contributed by atoms with Gasteiger partial charge in [0.05, 0.1) is 22.0 Å². The molecule has 0 atom stereocenters. The molecule has 0 bridgehead atoms. The Morgan fingerprint density at radius 2 is 2.00 bits per heavy atom. The van der Waals surface area contributed by atoms with Crippen LogP contribution in [0.2, 0.25) is 10.0 Å². The highest BCUT2D eigenvalue weighted by atomic mass is 35.5. The van der Waals surface area contributed by atoms with E-state index in [1.165, 1.54) is 16.8 Å². The number of hydrogen-bond acceptors (Lipinski definition) is 4. The van der Waals surface area contributed by atoms with Crippen molar-refractivity contribution in [2.75, 3.05) is 5.75 Å². The number of amides is 1. The third kappa shape index (κ3) is 3.24. The maximum atomic E-state index is 11.7. The molecule has 8 heteroatoms. The van der Waals surface area contributed by atoms with Crippen LogP contribution in [0.5, 0.6) is 0 Å². The van der Waals surface area contributed by atoms with Crippen LogP contribution in [-0.4, -0.2) is 31.8 Å². The molecule has 0 radical (unpaired) electrons. The molecule has 1 aromatic heterocycles. The first-order valence-electron chi connectivity index (χ1n) is 7.06. The van der Waals surface area contributed by atoms with Crippen molar-refractivity contribution in [3.05, 3.63) is 51.3 Å². The topological polar surface area (TPSA) is 37.6 Å². The predicted octanol–water partition coefficient (Wildman–Crippen LogP) is 4.60. The van der Waals surface area contributed by atoms with Crippen LogP contribution in [0.1, 0.15) is 17.0 Å². The maximum Gasteiger partial charge on any atom is 0.259 e. The molecule has 0 spiro atoms. The maximum absolute atomic E-state index is 11.7. The first-order chi connectivity index (χ1) is 11.4. The Bertz CT molecular complexity index is 860. The van der Waals surface area contributed by atoms with Crippen LogP contribution in [0.25, 0.3) is 5.69 Å². The molecule has 124 valence electrons. The second-order valence-electron chi connectivity index (χ2n) is 5.26. The fraction of sp³-hybridized carbons (Fsp3) is 0.188. The summed E-state index contributed by atoms with van der Waals surface area (Å²) in [6.07, 6.45) is 1.66. The molecule has 0 unspecified atom stereocenters. The Morgan fingerprint density at radius 1 is 1.25 bits per heavy atom. The minimum atomic E-state index is -0.0976. The average molecular weight is 398 g/mol. The van der Waals surface area contributed by atoms with Gasteiger partial charge < -0.3 is 4.57 Å². The number of rotatable bonds is 3. The number of aryl methyl sites for hydroxylation is 1. The van der Waals surface area contributed by atoms with Gasteiger partial charge in [0.1, 0.15) is 0 Å². The zero-order valence-electron chi connectivity index (χ0n) is 12.9. The summed E-state index contributed by atoms with van der Waals surface area (Å²) in [6, 6.07) is 7.49. The zero-order valence-corrected chi connectivity index (χ0v) is 16.1. The van der Waals surface area contributed by atoms with Gasteiger partial charge in [-0.1, -0.05) is 47.2 Å². The van der Waals surface area contributed by atoms with E-state index in [0.29, 0.717) is 20.1 Å². The van der Waals surface area contributed by atoms with Crippen molar-refractivity contribution in [2.45, 2.75) is 13.8 Å². The summed E-state index contributed by atoms with van der Waals surface area (Å²) < 4.78 is 2.54. The van der Waals surface area contributed by atoms with Crippen LogP contribution in [0.3, 0.4) is 0 Å². The van der Waals surface area contributed by atoms with E-state index in [1.54, 1.807) is 12.3 Å². The van der Waals surface area contributed by atoms with Crippen molar-refractivity contribution in [3.8, 4) is 5.69 Å². The van der Waals surface area contributed by atoms with Gasteiger partial charge in [-0.05, 0) is 38.1 Å². The molecule has 2 aromatic rings. The van der Waals surface area contributed by atoms with Gasteiger partial charge in [-0.25, -0.2) is 0 Å². The van der Waals surface area contributed by atoms with E-state index in [1.807, 2.05) is 32.0 Å². The summed E-state index contributed by atoms with van der Waals surface area (Å²) in [6.45, 7) is 3.98. The fourth-order valence-corrected chi connectivity index (χ4v) is 3.78. The van der Waals surface area contributed by atoms with E-state index in [0.717, 1.165) is 22.6 Å². The normalized spacial score (nSPS) is 15.1. The van der Waals surface area contributed by atoms with Gasteiger partial charge >= 0.3 is 0 Å². The van der Waals surface area contributed by atoms with E-state index in [4.69, 9.17) is 35.4 Å². The molecule has 1 amide bonds. The van der Waals surface area contributed by atoms with E-state index in [2.05, 4.69) is 9.67 Å². The molecule has 1 saturated heterocycles. The standard InChI is InChI=1S/C16H13Cl2N3OS2/c1-9-5-11(7-19-21-15(22)8-24-16(21)23)10(2)20(9)12-3-4-13(17)14(18)6-12/h3-7H,8H2,1-2H3/b19-7-. The second kappa shape index (κ2) is 6.88. The highest BCUT2D eigenvalue weighted by molar-refractivity contribution is 8.23. The van der Waals surface area contributed by atoms with Crippen LogP contribution in [-0.2, 0) is 4.79 Å². The molecule has 4 nitrogen and oxygen atoms in total. The molecule has 1 aliphatic rings. The van der Waals surface area contributed by atoms with E-state index in [9.17, 15) is 4.79 Å². The van der Waals surface area contributed by atoms with Crippen molar-refractivity contribution in [1.29, 1.82) is 0 Å². The minimum Gasteiger partial charge on any atom is -0.318 e. The number of hydrogen-bond donors (Lipinski definition) is 0. The molecule has 0 aliphatic carbocycles. The highest BCUT2D eigenvalue weighted by Crippen LogP contribution is 2.27. The number of halogens is 2. The minimum absolute atomic E-state index is 0.0976. The molecule has 0 saturated carbocycles. The van der Waals surface area contributed by atoms with Gasteiger partial charge in [-0.3, -0.25) is 4.79 Å². The van der Waals surface area contributed by atoms with Gasteiger partial charge in [-0.2, -0.15) is 10.1 Å². The fourth-order valence-electron chi connectivity index (χ4n) is 2.52. The summed E-state index contributed by atoms with van der Waals surface area (Å²) in [5, 5.41) is 6.52. The molecule has 0 N–H and O–H groups in total. The van der Waals surface area contributed by atoms with Crippen LogP contribution < -0.4 is 0 Å². The van der Waals surface area contributed by atoms with Crippen molar-refractivity contribution < 1.29 is 4.79 Å². The Kier molecular flexibility index (Phi) is 5.01. The zero-order chi connectivity index (χ0) is 17.4. The van der Waals surface area contributed by atoms with Crippen LogP contribution >= 0.6 is 47.2 Å². The van der Waals surface area contributed by atoms with Gasteiger partial charge in [0.25, 0.3) is 5.91 Å². The molecule has 24 heavy (non-hydrogen) atoms. The summed E-state index contributed by atoms with van der Waals surface area (Å²) in [4.78, 5) is 11.7. The lowest BCUT2D eigenvalue weighted by atomic mass is 10.2. The number of thioether (sulfide) groups is 1. The van der Waals surface area contributed by atoms with Gasteiger partial charge in [0.15, 0.2) is 4.32 Å². The number of nitrogens with zero attached hydrogens (tertiary/aromatic N) is 3. The number of thiocarbonyl (C=S) groups is 1. The third-order valence-electron chi connectivity index (χ3n) is 3.67. The lowest BCUT2D eigenvalue weighted by Gasteiger charge is -2.11. The number of carbonyl (C=O) groups excluding carboxylic acids is 1. The molecular weight excluding hydrogens is 385 g/mol. The number of aromatic nitrogens is 1. The van der Waals surface area contributed by atoms with E-state index in [-0.39, 0.29) is 5.91 Å². The molecule has 1 aromatic carbocycles. The molecular formula is C16H13Cl2N3OS2. The summed E-state index contributed by atoms with van der Waals surface area (Å²) >= 11 is 18.6. The molecule has 3 rings (SSSR count). The SMILES string of the molecule is Cc1cc(/C=N\N2C(=O)CSC2=S)c(C)n1-c1ccc(Cl)c(Cl)c1. The highest BCUT2D eigenvalue weighted by Gasteiger charge is 2.26. The van der Waals surface area contributed by atoms with Crippen molar-refractivity contribution in [3.63, 3.8) is 0 Å². The van der Waals surface area contributed by atoms with Gasteiger partial charge in [-0.15, -0.1) is 0 Å². The smallest absolute Gasteiger partial charge is 0.259 e. The van der Waals surface area contributed by atoms with Crippen LogP contribution in [0.4, 0.5) is 0 Å². The summed E-state index contributed by atoms with van der Waals surface area (Å²) in [5.74, 6) is 0.248.